The van der Waals surface area contributed by atoms with E-state index in [4.69, 9.17) is 17.0 Å². The number of carbonyl (C=O) groups excluding carboxylic acids is 2. The SMILES string of the molecule is COC(=O)[C@@H]1C=C[C@H](C)[C@@H]2C(=O)N(Cc3ccccc3)C(=S)[C@@H]21. The summed E-state index contributed by atoms with van der Waals surface area (Å²) in [5.74, 6) is -1.30. The zero-order valence-corrected chi connectivity index (χ0v) is 14.0. The molecule has 1 aliphatic heterocycles. The average molecular weight is 329 g/mol. The number of carbonyl (C=O) groups is 2. The van der Waals surface area contributed by atoms with Gasteiger partial charge in [0.25, 0.3) is 0 Å². The van der Waals surface area contributed by atoms with Gasteiger partial charge < -0.3 is 9.64 Å². The molecule has 1 aromatic carbocycles. The van der Waals surface area contributed by atoms with Gasteiger partial charge in [0.05, 0.1) is 30.5 Å². The van der Waals surface area contributed by atoms with Crippen molar-refractivity contribution in [2.75, 3.05) is 7.11 Å². The minimum absolute atomic E-state index is 0.00889. The van der Waals surface area contributed by atoms with E-state index in [0.717, 1.165) is 5.56 Å². The van der Waals surface area contributed by atoms with Gasteiger partial charge in [0.2, 0.25) is 5.91 Å². The molecule has 4 nitrogen and oxygen atoms in total. The fraction of sp³-hybridized carbons (Fsp3) is 0.389. The fourth-order valence-electron chi connectivity index (χ4n) is 3.52. The molecule has 23 heavy (non-hydrogen) atoms. The summed E-state index contributed by atoms with van der Waals surface area (Å²) in [5.41, 5.74) is 1.03. The van der Waals surface area contributed by atoms with Gasteiger partial charge in [0.1, 0.15) is 0 Å². The van der Waals surface area contributed by atoms with E-state index >= 15 is 0 Å². The van der Waals surface area contributed by atoms with E-state index in [1.807, 2.05) is 49.4 Å². The Bertz CT molecular complexity index is 670. The molecule has 1 aromatic rings. The Balaban J connectivity index is 1.91. The Morgan fingerprint density at radius 1 is 1.22 bits per heavy atom. The van der Waals surface area contributed by atoms with E-state index in [0.29, 0.717) is 11.5 Å². The Labute approximate surface area is 141 Å². The number of thiocarbonyl (C=S) groups is 1. The minimum atomic E-state index is -0.474. The molecule has 0 N–H and O–H groups in total. The van der Waals surface area contributed by atoms with E-state index < -0.39 is 5.92 Å². The second-order valence-corrected chi connectivity index (χ2v) is 6.51. The van der Waals surface area contributed by atoms with Crippen molar-refractivity contribution >= 4 is 29.1 Å². The monoisotopic (exact) mass is 329 g/mol. The van der Waals surface area contributed by atoms with Gasteiger partial charge >= 0.3 is 5.97 Å². The molecule has 0 bridgehead atoms. The first-order valence-corrected chi connectivity index (χ1v) is 8.10. The lowest BCUT2D eigenvalue weighted by molar-refractivity contribution is -0.145. The molecule has 120 valence electrons. The lowest BCUT2D eigenvalue weighted by atomic mass is 9.72. The number of hydrogen-bond acceptors (Lipinski definition) is 4. The third-order valence-electron chi connectivity index (χ3n) is 4.72. The van der Waals surface area contributed by atoms with Crippen molar-refractivity contribution < 1.29 is 14.3 Å². The van der Waals surface area contributed by atoms with Crippen LogP contribution in [0.25, 0.3) is 0 Å². The third kappa shape index (κ3) is 2.70. The predicted octanol–water partition coefficient (Wildman–Crippen LogP) is 2.58. The van der Waals surface area contributed by atoms with Crippen LogP contribution in [0.5, 0.6) is 0 Å². The van der Waals surface area contributed by atoms with Crippen LogP contribution in [0.15, 0.2) is 42.5 Å². The van der Waals surface area contributed by atoms with Crippen LogP contribution < -0.4 is 0 Å². The summed E-state index contributed by atoms with van der Waals surface area (Å²) in [6.45, 7) is 2.44. The molecule has 1 heterocycles. The first-order chi connectivity index (χ1) is 11.0. The molecule has 0 unspecified atom stereocenters. The largest absolute Gasteiger partial charge is 0.469 e. The summed E-state index contributed by atoms with van der Waals surface area (Å²) in [6.07, 6.45) is 3.76. The molecule has 1 fully saturated rings. The topological polar surface area (TPSA) is 46.6 Å². The van der Waals surface area contributed by atoms with Crippen LogP contribution >= 0.6 is 12.2 Å². The molecular weight excluding hydrogens is 310 g/mol. The Morgan fingerprint density at radius 2 is 1.91 bits per heavy atom. The zero-order chi connectivity index (χ0) is 16.6. The maximum atomic E-state index is 12.9. The van der Waals surface area contributed by atoms with Gasteiger partial charge in [-0.05, 0) is 11.5 Å². The van der Waals surface area contributed by atoms with E-state index in [-0.39, 0.29) is 29.6 Å². The average Bonchev–Trinajstić information content (AvgIpc) is 2.81. The highest BCUT2D eigenvalue weighted by atomic mass is 32.1. The Morgan fingerprint density at radius 3 is 2.57 bits per heavy atom. The number of likely N-dealkylation sites (tertiary alicyclic amines) is 1. The number of ether oxygens (including phenoxy) is 1. The lowest BCUT2D eigenvalue weighted by Gasteiger charge is -2.29. The zero-order valence-electron chi connectivity index (χ0n) is 13.1. The molecule has 2 aliphatic rings. The van der Waals surface area contributed by atoms with Crippen molar-refractivity contribution in [3.8, 4) is 0 Å². The van der Waals surface area contributed by atoms with Gasteiger partial charge in [-0.15, -0.1) is 0 Å². The Hall–Kier alpha value is -2.01. The molecule has 0 aromatic heterocycles. The molecule has 0 saturated carbocycles. The standard InChI is InChI=1S/C18H19NO3S/c1-11-8-9-13(18(21)22-2)15-14(11)16(20)19(17(15)23)10-12-6-4-3-5-7-12/h3-9,11,13-15H,10H2,1-2H3/t11-,13+,14-,15+/m0/s1. The van der Waals surface area contributed by atoms with Gasteiger partial charge in [-0.2, -0.15) is 0 Å². The highest BCUT2D eigenvalue weighted by Gasteiger charge is 2.53. The number of nitrogens with zero attached hydrogens (tertiary/aromatic N) is 1. The molecule has 4 atom stereocenters. The molecule has 1 saturated heterocycles. The number of fused-ring (bicyclic) bond motifs is 1. The summed E-state index contributed by atoms with van der Waals surface area (Å²) in [4.78, 5) is 27.1. The first kappa shape index (κ1) is 15.9. The molecular formula is C18H19NO3S. The van der Waals surface area contributed by atoms with Crippen LogP contribution in [0.3, 0.4) is 0 Å². The van der Waals surface area contributed by atoms with Crippen molar-refractivity contribution in [2.24, 2.45) is 23.7 Å². The maximum absolute atomic E-state index is 12.9. The second-order valence-electron chi connectivity index (χ2n) is 6.09. The summed E-state index contributed by atoms with van der Waals surface area (Å²) < 4.78 is 4.89. The number of methoxy groups -OCH3 is 1. The van der Waals surface area contributed by atoms with Crippen LogP contribution in [0, 0.1) is 23.7 Å². The van der Waals surface area contributed by atoms with Gasteiger partial charge in [-0.25, -0.2) is 0 Å². The van der Waals surface area contributed by atoms with Crippen molar-refractivity contribution in [1.29, 1.82) is 0 Å². The van der Waals surface area contributed by atoms with Gasteiger partial charge in [-0.3, -0.25) is 9.59 Å². The number of hydrogen-bond donors (Lipinski definition) is 0. The van der Waals surface area contributed by atoms with Crippen LogP contribution in [0.2, 0.25) is 0 Å². The van der Waals surface area contributed by atoms with E-state index in [1.54, 1.807) is 4.90 Å². The van der Waals surface area contributed by atoms with Crippen LogP contribution in [-0.2, 0) is 20.9 Å². The molecule has 3 rings (SSSR count). The number of esters is 1. The quantitative estimate of drug-likeness (QED) is 0.486. The molecule has 1 amide bonds. The molecule has 1 aliphatic carbocycles. The van der Waals surface area contributed by atoms with Crippen molar-refractivity contribution in [2.45, 2.75) is 13.5 Å². The van der Waals surface area contributed by atoms with Crippen LogP contribution in [-0.4, -0.2) is 28.9 Å². The Kier molecular flexibility index (Phi) is 4.31. The second kappa shape index (κ2) is 6.24. The summed E-state index contributed by atoms with van der Waals surface area (Å²) in [7, 11) is 1.37. The molecule has 0 radical (unpaired) electrons. The summed E-state index contributed by atoms with van der Waals surface area (Å²) in [6, 6.07) is 9.75. The number of benzene rings is 1. The summed E-state index contributed by atoms with van der Waals surface area (Å²) in [5, 5.41) is 0. The van der Waals surface area contributed by atoms with Gasteiger partial charge in [0, 0.05) is 5.92 Å². The van der Waals surface area contributed by atoms with Crippen LogP contribution in [0.4, 0.5) is 0 Å². The van der Waals surface area contributed by atoms with E-state index in [9.17, 15) is 9.59 Å². The molecule has 0 spiro atoms. The smallest absolute Gasteiger partial charge is 0.313 e. The van der Waals surface area contributed by atoms with Gasteiger partial charge in [0.15, 0.2) is 0 Å². The highest BCUT2D eigenvalue weighted by Crippen LogP contribution is 2.43. The number of allylic oxidation sites excluding steroid dienone is 1. The molecule has 5 heteroatoms. The van der Waals surface area contributed by atoms with E-state index in [1.165, 1.54) is 7.11 Å². The number of rotatable bonds is 3. The van der Waals surface area contributed by atoms with Crippen molar-refractivity contribution in [3.63, 3.8) is 0 Å². The van der Waals surface area contributed by atoms with Crippen molar-refractivity contribution in [3.05, 3.63) is 48.0 Å². The van der Waals surface area contributed by atoms with Crippen LogP contribution in [0.1, 0.15) is 12.5 Å². The lowest BCUT2D eigenvalue weighted by Crippen LogP contribution is -2.36. The van der Waals surface area contributed by atoms with E-state index in [2.05, 4.69) is 0 Å². The summed E-state index contributed by atoms with van der Waals surface area (Å²) >= 11 is 5.58. The van der Waals surface area contributed by atoms with Gasteiger partial charge in [-0.1, -0.05) is 61.6 Å². The fourth-order valence-corrected chi connectivity index (χ4v) is 3.97. The predicted molar refractivity (Wildman–Crippen MR) is 90.4 cm³/mol. The number of amides is 1. The normalized spacial score (nSPS) is 29.6. The highest BCUT2D eigenvalue weighted by molar-refractivity contribution is 7.80. The third-order valence-corrected chi connectivity index (χ3v) is 5.21. The maximum Gasteiger partial charge on any atom is 0.313 e. The minimum Gasteiger partial charge on any atom is -0.469 e. The first-order valence-electron chi connectivity index (χ1n) is 7.70. The van der Waals surface area contributed by atoms with Crippen molar-refractivity contribution in [1.82, 2.24) is 4.90 Å².